The van der Waals surface area contributed by atoms with Crippen LogP contribution < -0.4 is 10.5 Å². The van der Waals surface area contributed by atoms with Crippen LogP contribution in [0.2, 0.25) is 0 Å². The average molecular weight is 422 g/mol. The van der Waals surface area contributed by atoms with Crippen LogP contribution in [0.15, 0.2) is 60.0 Å². The number of aromatic nitrogens is 1. The van der Waals surface area contributed by atoms with E-state index in [2.05, 4.69) is 4.98 Å². The molecular weight excluding hydrogens is 398 g/mol. The molecule has 0 aliphatic rings. The summed E-state index contributed by atoms with van der Waals surface area (Å²) in [6.07, 6.45) is 3.26. The molecular formula is C23H23N3O3S. The van der Waals surface area contributed by atoms with Crippen molar-refractivity contribution in [1.29, 1.82) is 0 Å². The number of amides is 2. The predicted octanol–water partition coefficient (Wildman–Crippen LogP) is 3.80. The first kappa shape index (κ1) is 21.3. The molecule has 6 nitrogen and oxygen atoms in total. The van der Waals surface area contributed by atoms with Crippen molar-refractivity contribution in [2.75, 3.05) is 7.05 Å². The van der Waals surface area contributed by atoms with Crippen LogP contribution in [-0.4, -0.2) is 28.7 Å². The van der Waals surface area contributed by atoms with Gasteiger partial charge in [-0.1, -0.05) is 24.3 Å². The van der Waals surface area contributed by atoms with Gasteiger partial charge in [0, 0.05) is 30.6 Å². The number of likely N-dealkylation sites (N-methyl/N-ethyl adjacent to an activating group) is 1. The maximum Gasteiger partial charge on any atom is 0.248 e. The minimum atomic E-state index is -0.488. The summed E-state index contributed by atoms with van der Waals surface area (Å²) in [5.74, 6) is 0.0772. The Kier molecular flexibility index (Phi) is 6.98. The lowest BCUT2D eigenvalue weighted by atomic mass is 10.1. The van der Waals surface area contributed by atoms with Gasteiger partial charge in [-0.15, -0.1) is 11.3 Å². The second-order valence-corrected chi connectivity index (χ2v) is 7.87. The first-order valence-corrected chi connectivity index (χ1v) is 10.2. The van der Waals surface area contributed by atoms with Gasteiger partial charge in [-0.3, -0.25) is 9.59 Å². The zero-order chi connectivity index (χ0) is 21.5. The quantitative estimate of drug-likeness (QED) is 0.561. The number of carbonyl (C=O) groups is 2. The smallest absolute Gasteiger partial charge is 0.248 e. The second kappa shape index (κ2) is 9.84. The van der Waals surface area contributed by atoms with Crippen LogP contribution in [0.1, 0.15) is 32.2 Å². The molecule has 3 rings (SSSR count). The van der Waals surface area contributed by atoms with E-state index in [1.807, 2.05) is 42.6 Å². The SMILES string of the molecule is Cc1nc(COc2cccc(C=CC(=O)N(C)Cc3cccc(C(N)=O)c3)c2)cs1. The molecule has 3 aromatic rings. The van der Waals surface area contributed by atoms with Crippen molar-refractivity contribution in [3.05, 3.63) is 87.4 Å². The van der Waals surface area contributed by atoms with Crippen LogP contribution in [-0.2, 0) is 17.9 Å². The molecule has 0 aliphatic heterocycles. The van der Waals surface area contributed by atoms with Crippen LogP contribution >= 0.6 is 11.3 Å². The van der Waals surface area contributed by atoms with Gasteiger partial charge in [-0.2, -0.15) is 0 Å². The van der Waals surface area contributed by atoms with Crippen molar-refractivity contribution in [3.63, 3.8) is 0 Å². The molecule has 0 spiro atoms. The number of hydrogen-bond acceptors (Lipinski definition) is 5. The molecule has 0 aliphatic carbocycles. The molecule has 0 saturated heterocycles. The molecule has 2 aromatic carbocycles. The number of carbonyl (C=O) groups excluding carboxylic acids is 2. The Hall–Kier alpha value is -3.45. The Balaban J connectivity index is 1.58. The minimum absolute atomic E-state index is 0.149. The molecule has 30 heavy (non-hydrogen) atoms. The molecule has 2 N–H and O–H groups in total. The van der Waals surface area contributed by atoms with Gasteiger partial charge < -0.3 is 15.4 Å². The average Bonchev–Trinajstić information content (AvgIpc) is 3.16. The molecule has 0 bridgehead atoms. The number of ether oxygens (including phenoxy) is 1. The summed E-state index contributed by atoms with van der Waals surface area (Å²) in [4.78, 5) is 29.7. The van der Waals surface area contributed by atoms with Gasteiger partial charge in [-0.25, -0.2) is 4.98 Å². The Labute approximate surface area is 179 Å². The zero-order valence-corrected chi connectivity index (χ0v) is 17.7. The fourth-order valence-electron chi connectivity index (χ4n) is 2.81. The molecule has 0 radical (unpaired) electrons. The number of nitrogens with zero attached hydrogens (tertiary/aromatic N) is 2. The summed E-state index contributed by atoms with van der Waals surface area (Å²) in [5, 5.41) is 2.99. The van der Waals surface area contributed by atoms with Crippen molar-refractivity contribution in [1.82, 2.24) is 9.88 Å². The first-order chi connectivity index (χ1) is 14.4. The standard InChI is InChI=1S/C23H23N3O3S/c1-16-25-20(15-30-16)14-29-21-8-4-5-17(12-21)9-10-22(27)26(2)13-18-6-3-7-19(11-18)23(24)28/h3-12,15H,13-14H2,1-2H3,(H2,24,28). The van der Waals surface area contributed by atoms with E-state index >= 15 is 0 Å². The maximum atomic E-state index is 12.4. The molecule has 0 saturated carbocycles. The molecule has 154 valence electrons. The number of aryl methyl sites for hydroxylation is 1. The van der Waals surface area contributed by atoms with Crippen LogP contribution in [0, 0.1) is 6.92 Å². The largest absolute Gasteiger partial charge is 0.487 e. The number of rotatable bonds is 8. The lowest BCUT2D eigenvalue weighted by Crippen LogP contribution is -2.24. The van der Waals surface area contributed by atoms with E-state index in [1.54, 1.807) is 47.6 Å². The summed E-state index contributed by atoms with van der Waals surface area (Å²) in [6.45, 7) is 2.74. The molecule has 2 amide bonds. The normalized spacial score (nSPS) is 10.9. The van der Waals surface area contributed by atoms with Crippen LogP contribution in [0.25, 0.3) is 6.08 Å². The van der Waals surface area contributed by atoms with Crippen molar-refractivity contribution in [3.8, 4) is 5.75 Å². The summed E-state index contributed by atoms with van der Waals surface area (Å²) >= 11 is 1.59. The minimum Gasteiger partial charge on any atom is -0.487 e. The van der Waals surface area contributed by atoms with Gasteiger partial charge in [0.25, 0.3) is 0 Å². The van der Waals surface area contributed by atoms with E-state index in [4.69, 9.17) is 10.5 Å². The zero-order valence-electron chi connectivity index (χ0n) is 16.9. The number of hydrogen-bond donors (Lipinski definition) is 1. The molecule has 7 heteroatoms. The van der Waals surface area contributed by atoms with Crippen molar-refractivity contribution in [2.45, 2.75) is 20.1 Å². The van der Waals surface area contributed by atoms with E-state index in [-0.39, 0.29) is 5.91 Å². The van der Waals surface area contributed by atoms with Crippen LogP contribution in [0.4, 0.5) is 0 Å². The molecule has 0 fully saturated rings. The van der Waals surface area contributed by atoms with Crippen LogP contribution in [0.5, 0.6) is 5.75 Å². The summed E-state index contributed by atoms with van der Waals surface area (Å²) < 4.78 is 5.79. The topological polar surface area (TPSA) is 85.5 Å². The van der Waals surface area contributed by atoms with Gasteiger partial charge in [0.15, 0.2) is 0 Å². The molecule has 0 atom stereocenters. The van der Waals surface area contributed by atoms with E-state index in [0.29, 0.717) is 24.5 Å². The van der Waals surface area contributed by atoms with Gasteiger partial charge in [-0.05, 0) is 48.4 Å². The number of thiazole rings is 1. The lowest BCUT2D eigenvalue weighted by Gasteiger charge is -2.15. The third kappa shape index (κ3) is 6.02. The number of primary amides is 1. The third-order valence-corrected chi connectivity index (χ3v) is 5.16. The Morgan fingerprint density at radius 2 is 2.00 bits per heavy atom. The van der Waals surface area contributed by atoms with E-state index in [0.717, 1.165) is 21.8 Å². The molecule has 0 unspecified atom stereocenters. The van der Waals surface area contributed by atoms with E-state index in [1.165, 1.54) is 6.08 Å². The van der Waals surface area contributed by atoms with E-state index in [9.17, 15) is 9.59 Å². The van der Waals surface area contributed by atoms with Gasteiger partial charge in [0.1, 0.15) is 12.4 Å². The molecule has 1 aromatic heterocycles. The summed E-state index contributed by atoms with van der Waals surface area (Å²) in [7, 11) is 1.71. The first-order valence-electron chi connectivity index (χ1n) is 9.36. The number of nitrogens with two attached hydrogens (primary N) is 1. The third-order valence-electron chi connectivity index (χ3n) is 4.34. The monoisotopic (exact) mass is 421 g/mol. The van der Waals surface area contributed by atoms with Gasteiger partial charge in [0.05, 0.1) is 10.7 Å². The lowest BCUT2D eigenvalue weighted by molar-refractivity contribution is -0.125. The van der Waals surface area contributed by atoms with Crippen molar-refractivity contribution < 1.29 is 14.3 Å². The van der Waals surface area contributed by atoms with Crippen LogP contribution in [0.3, 0.4) is 0 Å². The number of benzene rings is 2. The maximum absolute atomic E-state index is 12.4. The van der Waals surface area contributed by atoms with Crippen molar-refractivity contribution >= 4 is 29.2 Å². The van der Waals surface area contributed by atoms with Gasteiger partial charge >= 0.3 is 0 Å². The highest BCUT2D eigenvalue weighted by Gasteiger charge is 2.08. The fraction of sp³-hybridized carbons (Fsp3) is 0.174. The van der Waals surface area contributed by atoms with Crippen molar-refractivity contribution in [2.24, 2.45) is 5.73 Å². The Morgan fingerprint density at radius 3 is 2.73 bits per heavy atom. The fourth-order valence-corrected chi connectivity index (χ4v) is 3.41. The second-order valence-electron chi connectivity index (χ2n) is 6.81. The Morgan fingerprint density at radius 1 is 1.20 bits per heavy atom. The summed E-state index contributed by atoms with van der Waals surface area (Å²) in [6, 6.07) is 14.5. The predicted molar refractivity (Wildman–Crippen MR) is 118 cm³/mol. The highest BCUT2D eigenvalue weighted by atomic mass is 32.1. The van der Waals surface area contributed by atoms with Gasteiger partial charge in [0.2, 0.25) is 11.8 Å². The highest BCUT2D eigenvalue weighted by molar-refractivity contribution is 7.09. The van der Waals surface area contributed by atoms with E-state index < -0.39 is 5.91 Å². The highest BCUT2D eigenvalue weighted by Crippen LogP contribution is 2.17. The summed E-state index contributed by atoms with van der Waals surface area (Å²) in [5.41, 5.74) is 8.33. The Bertz CT molecular complexity index is 1070. The molecule has 1 heterocycles.